The molecule has 3 rings (SSSR count). The Kier molecular flexibility index (Phi) is 3.22. The van der Waals surface area contributed by atoms with E-state index in [-0.39, 0.29) is 10.4 Å². The molecule has 1 fully saturated rings. The standard InChI is InChI=1S/C14H15Cl2FN2/c1-7-3-9(7)6-19-13-5-11(17)10(16)4-12(13)18-14(19)8(2)15/h4-5,7-9H,3,6H2,1-2H3. The fourth-order valence-electron chi connectivity index (χ4n) is 2.52. The molecule has 3 unspecified atom stereocenters. The van der Waals surface area contributed by atoms with E-state index in [1.54, 1.807) is 6.07 Å². The van der Waals surface area contributed by atoms with Gasteiger partial charge in [0.15, 0.2) is 0 Å². The maximum absolute atomic E-state index is 13.7. The van der Waals surface area contributed by atoms with E-state index < -0.39 is 5.82 Å². The Labute approximate surface area is 121 Å². The van der Waals surface area contributed by atoms with Crippen molar-refractivity contribution in [3.63, 3.8) is 0 Å². The third kappa shape index (κ3) is 2.34. The molecule has 0 saturated heterocycles. The normalized spacial score (nSPS) is 23.8. The van der Waals surface area contributed by atoms with Crippen LogP contribution in [-0.2, 0) is 6.54 Å². The summed E-state index contributed by atoms with van der Waals surface area (Å²) >= 11 is 12.0. The van der Waals surface area contributed by atoms with Crippen LogP contribution in [0.3, 0.4) is 0 Å². The average molecular weight is 301 g/mol. The zero-order valence-corrected chi connectivity index (χ0v) is 12.3. The quantitative estimate of drug-likeness (QED) is 0.746. The second-order valence-electron chi connectivity index (χ2n) is 5.42. The number of nitrogens with zero attached hydrogens (tertiary/aromatic N) is 2. The number of imidazole rings is 1. The van der Waals surface area contributed by atoms with Crippen LogP contribution in [0.25, 0.3) is 11.0 Å². The van der Waals surface area contributed by atoms with E-state index in [9.17, 15) is 4.39 Å². The summed E-state index contributed by atoms with van der Waals surface area (Å²) < 4.78 is 15.7. The first-order chi connectivity index (χ1) is 8.97. The predicted octanol–water partition coefficient (Wildman–Crippen LogP) is 4.78. The molecule has 0 N–H and O–H groups in total. The van der Waals surface area contributed by atoms with Crippen molar-refractivity contribution >= 4 is 34.2 Å². The molecule has 2 nitrogen and oxygen atoms in total. The number of hydrogen-bond donors (Lipinski definition) is 0. The van der Waals surface area contributed by atoms with Gasteiger partial charge < -0.3 is 4.57 Å². The van der Waals surface area contributed by atoms with Crippen molar-refractivity contribution in [2.24, 2.45) is 11.8 Å². The highest BCUT2D eigenvalue weighted by Gasteiger charge is 2.34. The fraction of sp³-hybridized carbons (Fsp3) is 0.500. The Morgan fingerprint density at radius 1 is 1.53 bits per heavy atom. The fourth-order valence-corrected chi connectivity index (χ4v) is 2.85. The lowest BCUT2D eigenvalue weighted by atomic mass is 10.3. The van der Waals surface area contributed by atoms with Gasteiger partial charge in [0.25, 0.3) is 0 Å². The third-order valence-electron chi connectivity index (χ3n) is 3.87. The molecule has 1 aromatic heterocycles. The molecule has 1 saturated carbocycles. The van der Waals surface area contributed by atoms with Crippen LogP contribution in [0.5, 0.6) is 0 Å². The van der Waals surface area contributed by atoms with Gasteiger partial charge in [0, 0.05) is 12.6 Å². The molecule has 0 aliphatic heterocycles. The van der Waals surface area contributed by atoms with E-state index in [1.165, 1.54) is 12.5 Å². The van der Waals surface area contributed by atoms with Gasteiger partial charge >= 0.3 is 0 Å². The second-order valence-corrected chi connectivity index (χ2v) is 6.49. The third-order valence-corrected chi connectivity index (χ3v) is 4.35. The van der Waals surface area contributed by atoms with E-state index in [0.29, 0.717) is 11.4 Å². The van der Waals surface area contributed by atoms with Crippen LogP contribution < -0.4 is 0 Å². The van der Waals surface area contributed by atoms with Crippen molar-refractivity contribution < 1.29 is 4.39 Å². The molecular weight excluding hydrogens is 286 g/mol. The minimum atomic E-state index is -0.409. The van der Waals surface area contributed by atoms with Gasteiger partial charge in [-0.2, -0.15) is 0 Å². The first-order valence-electron chi connectivity index (χ1n) is 6.46. The molecule has 0 amide bonds. The molecule has 3 atom stereocenters. The highest BCUT2D eigenvalue weighted by atomic mass is 35.5. The Hall–Kier alpha value is -0.800. The van der Waals surface area contributed by atoms with E-state index in [4.69, 9.17) is 23.2 Å². The summed E-state index contributed by atoms with van der Waals surface area (Å²) in [5.74, 6) is 1.75. The largest absolute Gasteiger partial charge is 0.326 e. The van der Waals surface area contributed by atoms with Crippen LogP contribution >= 0.6 is 23.2 Å². The van der Waals surface area contributed by atoms with Crippen molar-refractivity contribution in [2.45, 2.75) is 32.2 Å². The van der Waals surface area contributed by atoms with Gasteiger partial charge in [-0.3, -0.25) is 0 Å². The smallest absolute Gasteiger partial charge is 0.144 e. The van der Waals surface area contributed by atoms with Gasteiger partial charge in [-0.1, -0.05) is 18.5 Å². The van der Waals surface area contributed by atoms with Gasteiger partial charge in [0.1, 0.15) is 11.6 Å². The number of alkyl halides is 1. The van der Waals surface area contributed by atoms with E-state index in [1.807, 2.05) is 11.5 Å². The van der Waals surface area contributed by atoms with Gasteiger partial charge in [-0.15, -0.1) is 11.6 Å². The zero-order valence-electron chi connectivity index (χ0n) is 10.8. The Bertz CT molecular complexity index is 636. The van der Waals surface area contributed by atoms with Crippen LogP contribution in [0.1, 0.15) is 31.5 Å². The SMILES string of the molecule is CC(Cl)c1nc2cc(Cl)c(F)cc2n1CC1CC1C. The summed E-state index contributed by atoms with van der Waals surface area (Å²) in [5.41, 5.74) is 1.49. The number of aromatic nitrogens is 2. The number of hydrogen-bond acceptors (Lipinski definition) is 1. The molecule has 5 heteroatoms. The van der Waals surface area contributed by atoms with E-state index in [0.717, 1.165) is 23.8 Å². The minimum Gasteiger partial charge on any atom is -0.326 e. The van der Waals surface area contributed by atoms with Crippen molar-refractivity contribution in [1.82, 2.24) is 9.55 Å². The summed E-state index contributed by atoms with van der Waals surface area (Å²) in [6.07, 6.45) is 1.21. The van der Waals surface area contributed by atoms with Crippen molar-refractivity contribution in [3.05, 3.63) is 28.8 Å². The molecule has 102 valence electrons. The van der Waals surface area contributed by atoms with Gasteiger partial charge in [0.2, 0.25) is 0 Å². The molecule has 0 bridgehead atoms. The van der Waals surface area contributed by atoms with E-state index >= 15 is 0 Å². The topological polar surface area (TPSA) is 17.8 Å². The molecule has 19 heavy (non-hydrogen) atoms. The lowest BCUT2D eigenvalue weighted by molar-refractivity contribution is 0.579. The Morgan fingerprint density at radius 3 is 2.79 bits per heavy atom. The molecule has 1 aliphatic rings. The minimum absolute atomic E-state index is 0.103. The Balaban J connectivity index is 2.14. The summed E-state index contributed by atoms with van der Waals surface area (Å²) in [7, 11) is 0. The summed E-state index contributed by atoms with van der Waals surface area (Å²) in [6, 6.07) is 3.03. The molecular formula is C14H15Cl2FN2. The van der Waals surface area contributed by atoms with Crippen LogP contribution in [-0.4, -0.2) is 9.55 Å². The highest BCUT2D eigenvalue weighted by molar-refractivity contribution is 6.31. The van der Waals surface area contributed by atoms with Crippen molar-refractivity contribution in [1.29, 1.82) is 0 Å². The van der Waals surface area contributed by atoms with Crippen LogP contribution in [0.15, 0.2) is 12.1 Å². The number of benzene rings is 1. The average Bonchev–Trinajstić information content (AvgIpc) is 2.91. The Morgan fingerprint density at radius 2 is 2.21 bits per heavy atom. The maximum atomic E-state index is 13.7. The first-order valence-corrected chi connectivity index (χ1v) is 7.28. The molecule has 1 heterocycles. The number of halogens is 3. The number of fused-ring (bicyclic) bond motifs is 1. The molecule has 2 aromatic rings. The van der Waals surface area contributed by atoms with Gasteiger partial charge in [0.05, 0.1) is 21.4 Å². The van der Waals surface area contributed by atoms with Crippen LogP contribution in [0, 0.1) is 17.7 Å². The predicted molar refractivity (Wildman–Crippen MR) is 76.2 cm³/mol. The van der Waals surface area contributed by atoms with E-state index in [2.05, 4.69) is 11.9 Å². The first kappa shape index (κ1) is 13.2. The van der Waals surface area contributed by atoms with Gasteiger partial charge in [-0.25, -0.2) is 9.37 Å². The van der Waals surface area contributed by atoms with Crippen molar-refractivity contribution in [3.8, 4) is 0 Å². The summed E-state index contributed by atoms with van der Waals surface area (Å²) in [4.78, 5) is 4.50. The molecule has 1 aliphatic carbocycles. The second kappa shape index (κ2) is 4.64. The summed E-state index contributed by atoms with van der Waals surface area (Å²) in [6.45, 7) is 4.96. The van der Waals surface area contributed by atoms with Crippen LogP contribution in [0.4, 0.5) is 4.39 Å². The molecule has 1 aromatic carbocycles. The van der Waals surface area contributed by atoms with Crippen molar-refractivity contribution in [2.75, 3.05) is 0 Å². The van der Waals surface area contributed by atoms with Gasteiger partial charge in [-0.05, 0) is 31.2 Å². The molecule has 0 spiro atoms. The lowest BCUT2D eigenvalue weighted by Crippen LogP contribution is -2.06. The summed E-state index contributed by atoms with van der Waals surface area (Å²) in [5, 5.41) is -0.103. The number of rotatable bonds is 3. The zero-order chi connectivity index (χ0) is 13.7. The maximum Gasteiger partial charge on any atom is 0.144 e. The van der Waals surface area contributed by atoms with Crippen LogP contribution in [0.2, 0.25) is 5.02 Å². The molecule has 0 radical (unpaired) electrons. The highest BCUT2D eigenvalue weighted by Crippen LogP contribution is 2.40. The monoisotopic (exact) mass is 300 g/mol. The lowest BCUT2D eigenvalue weighted by Gasteiger charge is -2.10.